The Labute approximate surface area is 201 Å². The molecule has 0 spiro atoms. The lowest BCUT2D eigenvalue weighted by molar-refractivity contribution is 0.222. The van der Waals surface area contributed by atoms with E-state index in [9.17, 15) is 4.39 Å². The molecule has 1 unspecified atom stereocenters. The van der Waals surface area contributed by atoms with Crippen LogP contribution in [0.2, 0.25) is 0 Å². The number of alkyl halides is 1. The van der Waals surface area contributed by atoms with E-state index in [1.54, 1.807) is 0 Å². The second-order valence-electron chi connectivity index (χ2n) is 9.25. The maximum absolute atomic E-state index is 14.0. The van der Waals surface area contributed by atoms with Gasteiger partial charge in [0.25, 0.3) is 0 Å². The summed E-state index contributed by atoms with van der Waals surface area (Å²) in [6.07, 6.45) is 20.3. The quantitative estimate of drug-likeness (QED) is 0.198. The van der Waals surface area contributed by atoms with Crippen molar-refractivity contribution in [3.8, 4) is 17.1 Å². The van der Waals surface area contributed by atoms with Crippen molar-refractivity contribution in [1.82, 2.24) is 9.97 Å². The molecule has 0 aliphatic rings. The van der Waals surface area contributed by atoms with Gasteiger partial charge in [-0.15, -0.1) is 0 Å². The number of aromatic nitrogens is 2. The molecule has 1 aromatic carbocycles. The fourth-order valence-corrected chi connectivity index (χ4v) is 4.04. The number of aryl methyl sites for hydroxylation is 1. The van der Waals surface area contributed by atoms with Crippen LogP contribution in [-0.4, -0.2) is 22.7 Å². The van der Waals surface area contributed by atoms with Crippen molar-refractivity contribution in [3.63, 3.8) is 0 Å². The fourth-order valence-electron chi connectivity index (χ4n) is 4.04. The number of halogens is 1. The second-order valence-corrected chi connectivity index (χ2v) is 9.25. The van der Waals surface area contributed by atoms with E-state index in [2.05, 4.69) is 23.8 Å². The summed E-state index contributed by atoms with van der Waals surface area (Å²) in [6, 6.07) is 7.79. The molecule has 0 radical (unpaired) electrons. The lowest BCUT2D eigenvalue weighted by Crippen LogP contribution is -2.07. The van der Waals surface area contributed by atoms with Gasteiger partial charge in [0.15, 0.2) is 5.82 Å². The van der Waals surface area contributed by atoms with Gasteiger partial charge in [-0.2, -0.15) is 0 Å². The highest BCUT2D eigenvalue weighted by Gasteiger charge is 2.07. The molecule has 0 fully saturated rings. The van der Waals surface area contributed by atoms with E-state index < -0.39 is 6.17 Å². The molecule has 3 nitrogen and oxygen atoms in total. The normalized spacial score (nSPS) is 12.1. The maximum atomic E-state index is 14.0. The summed E-state index contributed by atoms with van der Waals surface area (Å²) in [5.74, 6) is 1.50. The molecule has 33 heavy (non-hydrogen) atoms. The predicted octanol–water partition coefficient (Wildman–Crippen LogP) is 8.90. The molecule has 2 rings (SSSR count). The van der Waals surface area contributed by atoms with E-state index in [-0.39, 0.29) is 0 Å². The first-order chi connectivity index (χ1) is 16.2. The zero-order valence-electron chi connectivity index (χ0n) is 21.0. The van der Waals surface area contributed by atoms with Gasteiger partial charge in [-0.3, -0.25) is 0 Å². The van der Waals surface area contributed by atoms with Crippen LogP contribution in [0.5, 0.6) is 5.75 Å². The average Bonchev–Trinajstić information content (AvgIpc) is 2.84. The predicted molar refractivity (Wildman–Crippen MR) is 138 cm³/mol. The molecule has 0 N–H and O–H groups in total. The Kier molecular flexibility index (Phi) is 14.5. The Morgan fingerprint density at radius 1 is 0.727 bits per heavy atom. The van der Waals surface area contributed by atoms with Gasteiger partial charge in [0.05, 0.1) is 6.61 Å². The first-order valence-electron chi connectivity index (χ1n) is 13.4. The van der Waals surface area contributed by atoms with Crippen LogP contribution < -0.4 is 4.74 Å². The first-order valence-corrected chi connectivity index (χ1v) is 13.4. The van der Waals surface area contributed by atoms with Gasteiger partial charge in [0, 0.05) is 24.4 Å². The van der Waals surface area contributed by atoms with Gasteiger partial charge >= 0.3 is 0 Å². The van der Waals surface area contributed by atoms with Gasteiger partial charge in [-0.1, -0.05) is 84.5 Å². The molecule has 0 bridgehead atoms. The summed E-state index contributed by atoms with van der Waals surface area (Å²) in [4.78, 5) is 9.10. The number of hydrogen-bond donors (Lipinski definition) is 0. The summed E-state index contributed by atoms with van der Waals surface area (Å²) in [7, 11) is 0. The topological polar surface area (TPSA) is 35.0 Å². The average molecular weight is 457 g/mol. The first kappa shape index (κ1) is 27.3. The lowest BCUT2D eigenvalue weighted by atomic mass is 10.1. The van der Waals surface area contributed by atoms with Gasteiger partial charge in [0.2, 0.25) is 0 Å². The summed E-state index contributed by atoms with van der Waals surface area (Å²) in [5.41, 5.74) is 2.18. The molecule has 4 heteroatoms. The van der Waals surface area contributed by atoms with Crippen molar-refractivity contribution >= 4 is 0 Å². The SMILES string of the molecule is CCCCCCCCCc1cnc(-c2ccc(OCCC(F)CCCCCCC)cc2)nc1. The van der Waals surface area contributed by atoms with E-state index >= 15 is 0 Å². The monoisotopic (exact) mass is 456 g/mol. The van der Waals surface area contributed by atoms with Crippen LogP contribution in [0.1, 0.15) is 109 Å². The molecule has 0 saturated carbocycles. The highest BCUT2D eigenvalue weighted by molar-refractivity contribution is 5.55. The Balaban J connectivity index is 1.64. The van der Waals surface area contributed by atoms with Crippen molar-refractivity contribution in [2.45, 2.75) is 116 Å². The van der Waals surface area contributed by atoms with E-state index in [0.29, 0.717) is 19.4 Å². The highest BCUT2D eigenvalue weighted by atomic mass is 19.1. The largest absolute Gasteiger partial charge is 0.493 e. The smallest absolute Gasteiger partial charge is 0.159 e. The lowest BCUT2D eigenvalue weighted by Gasteiger charge is -2.10. The highest BCUT2D eigenvalue weighted by Crippen LogP contribution is 2.20. The van der Waals surface area contributed by atoms with Crippen LogP contribution >= 0.6 is 0 Å². The third-order valence-corrected chi connectivity index (χ3v) is 6.21. The van der Waals surface area contributed by atoms with Crippen LogP contribution in [-0.2, 0) is 6.42 Å². The number of rotatable bonds is 19. The molecule has 184 valence electrons. The van der Waals surface area contributed by atoms with Crippen molar-refractivity contribution < 1.29 is 9.13 Å². The van der Waals surface area contributed by atoms with E-state index in [0.717, 1.165) is 36.4 Å². The van der Waals surface area contributed by atoms with Crippen LogP contribution in [0.4, 0.5) is 4.39 Å². The van der Waals surface area contributed by atoms with Crippen molar-refractivity contribution in [1.29, 1.82) is 0 Å². The number of nitrogens with zero attached hydrogens (tertiary/aromatic N) is 2. The third kappa shape index (κ3) is 12.2. The Morgan fingerprint density at radius 3 is 1.94 bits per heavy atom. The molecule has 1 atom stereocenters. The van der Waals surface area contributed by atoms with Crippen molar-refractivity contribution in [2.75, 3.05) is 6.61 Å². The number of hydrogen-bond acceptors (Lipinski definition) is 3. The minimum Gasteiger partial charge on any atom is -0.493 e. The zero-order chi connectivity index (χ0) is 23.6. The Bertz CT molecular complexity index is 717. The third-order valence-electron chi connectivity index (χ3n) is 6.21. The summed E-state index contributed by atoms with van der Waals surface area (Å²) >= 11 is 0. The minimum absolute atomic E-state index is 0.416. The Hall–Kier alpha value is -1.97. The molecule has 0 aliphatic heterocycles. The van der Waals surface area contributed by atoms with Crippen molar-refractivity contribution in [2.24, 2.45) is 0 Å². The number of ether oxygens (including phenoxy) is 1. The van der Waals surface area contributed by atoms with Gasteiger partial charge < -0.3 is 4.74 Å². The van der Waals surface area contributed by atoms with E-state index in [4.69, 9.17) is 4.74 Å². The van der Waals surface area contributed by atoms with Crippen molar-refractivity contribution in [3.05, 3.63) is 42.2 Å². The van der Waals surface area contributed by atoms with Gasteiger partial charge in [0.1, 0.15) is 11.9 Å². The molecule has 0 aliphatic carbocycles. The van der Waals surface area contributed by atoms with Crippen LogP contribution in [0.15, 0.2) is 36.7 Å². The number of benzene rings is 1. The van der Waals surface area contributed by atoms with Gasteiger partial charge in [-0.25, -0.2) is 14.4 Å². The van der Waals surface area contributed by atoms with Crippen LogP contribution in [0.3, 0.4) is 0 Å². The zero-order valence-corrected chi connectivity index (χ0v) is 21.0. The second kappa shape index (κ2) is 17.5. The molecule has 1 heterocycles. The summed E-state index contributed by atoms with van der Waals surface area (Å²) in [6.45, 7) is 4.87. The standard InChI is InChI=1S/C29H45FN2O/c1-3-5-7-9-10-12-13-15-25-23-31-29(32-24-25)26-17-19-28(20-18-26)33-22-21-27(30)16-14-11-8-6-4-2/h17-20,23-24,27H,3-16,21-22H2,1-2H3. The molecule has 1 aromatic heterocycles. The summed E-state index contributed by atoms with van der Waals surface area (Å²) < 4.78 is 19.7. The van der Waals surface area contributed by atoms with Crippen LogP contribution in [0.25, 0.3) is 11.4 Å². The summed E-state index contributed by atoms with van der Waals surface area (Å²) in [5, 5.41) is 0. The molecular weight excluding hydrogens is 411 g/mol. The molecule has 0 saturated heterocycles. The van der Waals surface area contributed by atoms with E-state index in [1.807, 2.05) is 36.7 Å². The number of unbranched alkanes of at least 4 members (excludes halogenated alkanes) is 10. The Morgan fingerprint density at radius 2 is 1.30 bits per heavy atom. The van der Waals surface area contributed by atoms with Crippen LogP contribution in [0, 0.1) is 0 Å². The maximum Gasteiger partial charge on any atom is 0.159 e. The molecule has 2 aromatic rings. The minimum atomic E-state index is -0.765. The fraction of sp³-hybridized carbons (Fsp3) is 0.655. The van der Waals surface area contributed by atoms with E-state index in [1.165, 1.54) is 69.8 Å². The molecule has 0 amide bonds. The van der Waals surface area contributed by atoms with Gasteiger partial charge in [-0.05, 0) is 49.1 Å². The molecular formula is C29H45FN2O.